The normalized spacial score (nSPS) is 10.4. The van der Waals surface area contributed by atoms with Crippen LogP contribution in [-0.4, -0.2) is 3.21 Å². The predicted octanol–water partition coefficient (Wildman–Crippen LogP) is 3.81. The van der Waals surface area contributed by atoms with Crippen LogP contribution in [0.25, 0.3) is 0 Å². The molecule has 2 aromatic rings. The van der Waals surface area contributed by atoms with Crippen LogP contribution in [-0.2, 0) is 37.1 Å². The van der Waals surface area contributed by atoms with Crippen LogP contribution in [0, 0.1) is 13.8 Å². The van der Waals surface area contributed by atoms with Crippen LogP contribution >= 0.6 is 0 Å². The number of rotatable bonds is 4. The maximum atomic E-state index is 2.24. The molecule has 88 valence electrons. The molecule has 0 aromatic heterocycles. The number of hydrogen-bond donors (Lipinski definition) is 0. The second-order valence-electron chi connectivity index (χ2n) is 4.93. The van der Waals surface area contributed by atoms with Crippen LogP contribution < -0.4 is 0 Å². The van der Waals surface area contributed by atoms with Gasteiger partial charge in [0.2, 0.25) is 0 Å². The third kappa shape index (κ3) is 4.14. The molecule has 0 saturated carbocycles. The summed E-state index contributed by atoms with van der Waals surface area (Å²) in [4.78, 5) is 0. The Labute approximate surface area is 124 Å². The van der Waals surface area contributed by atoms with Crippen molar-refractivity contribution in [2.75, 3.05) is 0 Å². The molecule has 0 aliphatic heterocycles. The molecular formula is C17H18Zr+2. The van der Waals surface area contributed by atoms with Gasteiger partial charge in [-0.25, -0.2) is 0 Å². The molecule has 1 heteroatoms. The van der Waals surface area contributed by atoms with Crippen molar-refractivity contribution in [3.8, 4) is 0 Å². The van der Waals surface area contributed by atoms with Gasteiger partial charge in [0.05, 0.1) is 0 Å². The average molecular weight is 314 g/mol. The van der Waals surface area contributed by atoms with Gasteiger partial charge in [0.15, 0.2) is 0 Å². The van der Waals surface area contributed by atoms with E-state index in [-0.39, 0.29) is 0 Å². The molecule has 18 heavy (non-hydrogen) atoms. The van der Waals surface area contributed by atoms with E-state index in [1.54, 1.807) is 27.4 Å². The molecule has 0 saturated heterocycles. The Bertz CT molecular complexity index is 471. The van der Waals surface area contributed by atoms with Crippen molar-refractivity contribution in [3.05, 3.63) is 70.8 Å². The van der Waals surface area contributed by atoms with Gasteiger partial charge in [0.1, 0.15) is 0 Å². The minimum atomic E-state index is 1.12. The van der Waals surface area contributed by atoms with E-state index in [4.69, 9.17) is 0 Å². The Morgan fingerprint density at radius 3 is 1.39 bits per heavy atom. The van der Waals surface area contributed by atoms with Gasteiger partial charge in [-0.05, 0) is 0 Å². The van der Waals surface area contributed by atoms with Crippen LogP contribution in [0.1, 0.15) is 22.3 Å². The summed E-state index contributed by atoms with van der Waals surface area (Å²) in [5.41, 5.74) is 5.53. The molecule has 0 aliphatic carbocycles. The van der Waals surface area contributed by atoms with Crippen LogP contribution in [0.4, 0.5) is 0 Å². The topological polar surface area (TPSA) is 0 Å². The molecule has 0 heterocycles. The second kappa shape index (κ2) is 6.39. The molecule has 0 radical (unpaired) electrons. The van der Waals surface area contributed by atoms with Gasteiger partial charge in [-0.2, -0.15) is 0 Å². The average Bonchev–Trinajstić information content (AvgIpc) is 2.35. The first kappa shape index (κ1) is 13.6. The third-order valence-corrected chi connectivity index (χ3v) is 3.95. The predicted molar refractivity (Wildman–Crippen MR) is 74.8 cm³/mol. The fraction of sp³-hybridized carbons (Fsp3) is 0.235. The molecular weight excluding hydrogens is 295 g/mol. The van der Waals surface area contributed by atoms with Crippen molar-refractivity contribution in [2.45, 2.75) is 26.7 Å². The molecule has 0 atom stereocenters. The van der Waals surface area contributed by atoms with Gasteiger partial charge in [0, 0.05) is 0 Å². The van der Waals surface area contributed by atoms with E-state index in [2.05, 4.69) is 62.4 Å². The van der Waals surface area contributed by atoms with E-state index in [1.165, 1.54) is 22.3 Å². The van der Waals surface area contributed by atoms with Crippen LogP contribution in [0.3, 0.4) is 0 Å². The summed E-state index contributed by atoms with van der Waals surface area (Å²) in [7, 11) is 0. The van der Waals surface area contributed by atoms with Gasteiger partial charge >= 0.3 is 125 Å². The fourth-order valence-corrected chi connectivity index (χ4v) is 2.97. The Morgan fingerprint density at radius 1 is 0.722 bits per heavy atom. The minimum absolute atomic E-state index is 1.12. The molecule has 0 unspecified atom stereocenters. The van der Waals surface area contributed by atoms with Crippen molar-refractivity contribution in [1.29, 1.82) is 0 Å². The molecule has 0 N–H and O–H groups in total. The third-order valence-electron chi connectivity index (χ3n) is 3.08. The summed E-state index contributed by atoms with van der Waals surface area (Å²) in [5, 5.41) is 0. The summed E-state index contributed by atoms with van der Waals surface area (Å²) in [6.07, 6.45) is 2.24. The monoisotopic (exact) mass is 312 g/mol. The molecule has 0 nitrogen and oxygen atoms in total. The van der Waals surface area contributed by atoms with Crippen molar-refractivity contribution in [1.82, 2.24) is 0 Å². The number of benzene rings is 2. The molecule has 0 bridgehead atoms. The van der Waals surface area contributed by atoms with E-state index < -0.39 is 0 Å². The van der Waals surface area contributed by atoms with Gasteiger partial charge in [-0.15, -0.1) is 0 Å². The van der Waals surface area contributed by atoms with Gasteiger partial charge < -0.3 is 0 Å². The van der Waals surface area contributed by atoms with Crippen molar-refractivity contribution < 1.29 is 24.2 Å². The Kier molecular flexibility index (Phi) is 4.83. The Balaban J connectivity index is 1.96. The first-order valence-electron chi connectivity index (χ1n) is 6.31. The van der Waals surface area contributed by atoms with Crippen LogP contribution in [0.5, 0.6) is 0 Å². The maximum absolute atomic E-state index is 2.24. The summed E-state index contributed by atoms with van der Waals surface area (Å²) in [6.45, 7) is 4.27. The van der Waals surface area contributed by atoms with Gasteiger partial charge in [-0.1, -0.05) is 0 Å². The summed E-state index contributed by atoms with van der Waals surface area (Å²) in [5.74, 6) is 0. The molecule has 0 fully saturated rings. The van der Waals surface area contributed by atoms with E-state index >= 15 is 0 Å². The van der Waals surface area contributed by atoms with Crippen LogP contribution in [0.2, 0.25) is 0 Å². The molecule has 0 aliphatic rings. The SMILES string of the molecule is Cc1ccc(C[C](=[Zr+2])Cc2ccc(C)cc2)cc1. The zero-order valence-corrected chi connectivity index (χ0v) is 13.5. The first-order valence-corrected chi connectivity index (χ1v) is 7.54. The van der Waals surface area contributed by atoms with Crippen molar-refractivity contribution in [3.63, 3.8) is 0 Å². The van der Waals surface area contributed by atoms with Crippen molar-refractivity contribution >= 4 is 3.21 Å². The van der Waals surface area contributed by atoms with Gasteiger partial charge in [-0.3, -0.25) is 0 Å². The Hall–Kier alpha value is -0.807. The number of hydrogen-bond acceptors (Lipinski definition) is 0. The molecule has 0 spiro atoms. The van der Waals surface area contributed by atoms with E-state index in [0.29, 0.717) is 0 Å². The molecule has 2 rings (SSSR count). The summed E-state index contributed by atoms with van der Waals surface area (Å²) >= 11 is 1.55. The first-order chi connectivity index (χ1) is 8.63. The van der Waals surface area contributed by atoms with Crippen LogP contribution in [0.15, 0.2) is 48.5 Å². The number of aryl methyl sites for hydroxylation is 2. The zero-order chi connectivity index (χ0) is 13.0. The standard InChI is InChI=1S/C17H18.Zr/c1-14-6-10-16(11-7-14)4-3-5-17-12-8-15(2)9-13-17;/h6-13H,4-5H2,1-2H3;/q;+2. The van der Waals surface area contributed by atoms with Gasteiger partial charge in [0.25, 0.3) is 0 Å². The summed E-state index contributed by atoms with van der Waals surface area (Å²) < 4.78 is 1.61. The molecule has 0 amide bonds. The quantitative estimate of drug-likeness (QED) is 0.805. The Morgan fingerprint density at radius 2 is 1.06 bits per heavy atom. The zero-order valence-electron chi connectivity index (χ0n) is 11.0. The second-order valence-corrected chi connectivity index (χ2v) is 6.67. The summed E-state index contributed by atoms with van der Waals surface area (Å²) in [6, 6.07) is 17.8. The molecule has 2 aromatic carbocycles. The van der Waals surface area contributed by atoms with E-state index in [0.717, 1.165) is 12.8 Å². The van der Waals surface area contributed by atoms with E-state index in [1.807, 2.05) is 0 Å². The fourth-order valence-electron chi connectivity index (χ4n) is 1.97. The van der Waals surface area contributed by atoms with E-state index in [9.17, 15) is 0 Å². The van der Waals surface area contributed by atoms with Crippen molar-refractivity contribution in [2.24, 2.45) is 0 Å².